The molecule has 0 aliphatic carbocycles. The maximum Gasteiger partial charge on any atom is 0.335 e. The van der Waals surface area contributed by atoms with Gasteiger partial charge >= 0.3 is 12.0 Å². The third-order valence-electron chi connectivity index (χ3n) is 2.79. The van der Waals surface area contributed by atoms with E-state index in [2.05, 4.69) is 10.6 Å². The summed E-state index contributed by atoms with van der Waals surface area (Å²) < 4.78 is 0. The number of aromatic hydroxyl groups is 1. The summed E-state index contributed by atoms with van der Waals surface area (Å²) in [6, 6.07) is 12.6. The van der Waals surface area contributed by atoms with E-state index >= 15 is 0 Å². The van der Waals surface area contributed by atoms with Crippen LogP contribution in [0.4, 0.5) is 10.5 Å². The number of carboxylic acid groups (broad SMARTS) is 1. The largest absolute Gasteiger partial charge is 0.506 e. The summed E-state index contributed by atoms with van der Waals surface area (Å²) in [6.45, 7) is 0.348. The van der Waals surface area contributed by atoms with E-state index in [1.807, 2.05) is 30.3 Å². The first kappa shape index (κ1) is 14.4. The Morgan fingerprint density at radius 3 is 2.38 bits per heavy atom. The molecule has 4 N–H and O–H groups in total. The number of anilines is 1. The smallest absolute Gasteiger partial charge is 0.335 e. The third kappa shape index (κ3) is 3.97. The second-order valence-electron chi connectivity index (χ2n) is 4.33. The van der Waals surface area contributed by atoms with E-state index in [1.165, 1.54) is 12.1 Å². The van der Waals surface area contributed by atoms with Crippen LogP contribution >= 0.6 is 0 Å². The molecule has 0 fully saturated rings. The number of aromatic carboxylic acids is 1. The van der Waals surface area contributed by atoms with Gasteiger partial charge in [0.15, 0.2) is 0 Å². The maximum atomic E-state index is 11.7. The minimum atomic E-state index is -1.15. The molecule has 2 aromatic carbocycles. The number of hydrogen-bond acceptors (Lipinski definition) is 3. The standard InChI is InChI=1S/C15H14N2O4/c18-13-8-11(14(19)20)6-7-12(13)17-15(21)16-9-10-4-2-1-3-5-10/h1-8,18H,9H2,(H,19,20)(H2,16,17,21). The third-order valence-corrected chi connectivity index (χ3v) is 2.79. The number of nitrogens with one attached hydrogen (secondary N) is 2. The lowest BCUT2D eigenvalue weighted by Gasteiger charge is -2.09. The van der Waals surface area contributed by atoms with Gasteiger partial charge in [0.2, 0.25) is 0 Å². The highest BCUT2D eigenvalue weighted by atomic mass is 16.4. The second-order valence-corrected chi connectivity index (χ2v) is 4.33. The number of rotatable bonds is 4. The van der Waals surface area contributed by atoms with Crippen LogP contribution in [0.1, 0.15) is 15.9 Å². The molecule has 0 heterocycles. The van der Waals surface area contributed by atoms with Crippen LogP contribution in [-0.4, -0.2) is 22.2 Å². The molecule has 0 aliphatic heterocycles. The average molecular weight is 286 g/mol. The van der Waals surface area contributed by atoms with Gasteiger partial charge in [0.05, 0.1) is 11.3 Å². The molecule has 0 radical (unpaired) electrons. The molecule has 0 atom stereocenters. The topological polar surface area (TPSA) is 98.7 Å². The molecule has 108 valence electrons. The van der Waals surface area contributed by atoms with E-state index in [9.17, 15) is 14.7 Å². The van der Waals surface area contributed by atoms with Crippen molar-refractivity contribution in [2.24, 2.45) is 0 Å². The van der Waals surface area contributed by atoms with Crippen molar-refractivity contribution in [3.05, 3.63) is 59.7 Å². The Balaban J connectivity index is 1.95. The fourth-order valence-electron chi connectivity index (χ4n) is 1.72. The number of phenols is 1. The van der Waals surface area contributed by atoms with Gasteiger partial charge in [-0.25, -0.2) is 9.59 Å². The average Bonchev–Trinajstić information content (AvgIpc) is 2.48. The normalized spacial score (nSPS) is 9.90. The molecule has 2 amide bonds. The molecule has 2 aromatic rings. The highest BCUT2D eigenvalue weighted by molar-refractivity contribution is 5.93. The van der Waals surface area contributed by atoms with Gasteiger partial charge in [-0.05, 0) is 23.8 Å². The summed E-state index contributed by atoms with van der Waals surface area (Å²) in [6.07, 6.45) is 0. The van der Waals surface area contributed by atoms with Gasteiger partial charge in [0.1, 0.15) is 5.75 Å². The predicted octanol–water partition coefficient (Wildman–Crippen LogP) is 2.41. The lowest BCUT2D eigenvalue weighted by molar-refractivity contribution is 0.0696. The van der Waals surface area contributed by atoms with E-state index < -0.39 is 12.0 Å². The minimum absolute atomic E-state index is 0.0530. The first-order valence-electron chi connectivity index (χ1n) is 6.21. The van der Waals surface area contributed by atoms with Gasteiger partial charge in [-0.15, -0.1) is 0 Å². The van der Waals surface area contributed by atoms with Crippen molar-refractivity contribution in [3.63, 3.8) is 0 Å². The van der Waals surface area contributed by atoms with E-state index in [0.29, 0.717) is 6.54 Å². The SMILES string of the molecule is O=C(NCc1ccccc1)Nc1ccc(C(=O)O)cc1O. The van der Waals surface area contributed by atoms with Crippen LogP contribution in [-0.2, 0) is 6.54 Å². The highest BCUT2D eigenvalue weighted by Crippen LogP contribution is 2.24. The summed E-state index contributed by atoms with van der Waals surface area (Å²) in [5.41, 5.74) is 1.03. The number of benzene rings is 2. The molecule has 0 bridgehead atoms. The molecule has 0 spiro atoms. The fourth-order valence-corrected chi connectivity index (χ4v) is 1.72. The number of carbonyl (C=O) groups excluding carboxylic acids is 1. The van der Waals surface area contributed by atoms with Crippen molar-refractivity contribution in [1.82, 2.24) is 5.32 Å². The van der Waals surface area contributed by atoms with Crippen LogP contribution < -0.4 is 10.6 Å². The highest BCUT2D eigenvalue weighted by Gasteiger charge is 2.09. The molecule has 6 heteroatoms. The molecular weight excluding hydrogens is 272 g/mol. The Morgan fingerprint density at radius 2 is 1.76 bits per heavy atom. The molecule has 2 rings (SSSR count). The lowest BCUT2D eigenvalue weighted by atomic mass is 10.2. The Hall–Kier alpha value is -3.02. The van der Waals surface area contributed by atoms with Crippen LogP contribution in [0.3, 0.4) is 0 Å². The number of urea groups is 1. The molecule has 0 unspecified atom stereocenters. The fraction of sp³-hybridized carbons (Fsp3) is 0.0667. The van der Waals surface area contributed by atoms with Crippen LogP contribution in [0.25, 0.3) is 0 Å². The summed E-state index contributed by atoms with van der Waals surface area (Å²) in [5, 5.41) is 23.5. The van der Waals surface area contributed by atoms with Crippen molar-refractivity contribution in [1.29, 1.82) is 0 Å². The lowest BCUT2D eigenvalue weighted by Crippen LogP contribution is -2.28. The zero-order valence-electron chi connectivity index (χ0n) is 11.0. The van der Waals surface area contributed by atoms with Gasteiger partial charge in [0.25, 0.3) is 0 Å². The molecule has 6 nitrogen and oxygen atoms in total. The van der Waals surface area contributed by atoms with E-state index in [1.54, 1.807) is 0 Å². The van der Waals surface area contributed by atoms with Crippen molar-refractivity contribution in [2.45, 2.75) is 6.54 Å². The molecular formula is C15H14N2O4. The first-order chi connectivity index (χ1) is 10.1. The molecule has 0 saturated heterocycles. The van der Waals surface area contributed by atoms with Gasteiger partial charge in [-0.3, -0.25) is 0 Å². The summed E-state index contributed by atoms with van der Waals surface area (Å²) in [7, 11) is 0. The monoisotopic (exact) mass is 286 g/mol. The second kappa shape index (κ2) is 6.42. The number of phenolic OH excluding ortho intramolecular Hbond substituents is 1. The Morgan fingerprint density at radius 1 is 1.05 bits per heavy atom. The van der Waals surface area contributed by atoms with Crippen LogP contribution in [0.2, 0.25) is 0 Å². The van der Waals surface area contributed by atoms with Crippen molar-refractivity contribution in [2.75, 3.05) is 5.32 Å². The predicted molar refractivity (Wildman–Crippen MR) is 77.4 cm³/mol. The quantitative estimate of drug-likeness (QED) is 0.649. The van der Waals surface area contributed by atoms with Gasteiger partial charge in [-0.1, -0.05) is 30.3 Å². The summed E-state index contributed by atoms with van der Waals surface area (Å²) >= 11 is 0. The molecule has 0 aromatic heterocycles. The van der Waals surface area contributed by atoms with Crippen LogP contribution in [0.15, 0.2) is 48.5 Å². The van der Waals surface area contributed by atoms with Crippen molar-refractivity contribution >= 4 is 17.7 Å². The molecule has 0 saturated carbocycles. The Bertz CT molecular complexity index is 656. The van der Waals surface area contributed by atoms with Gasteiger partial charge in [0, 0.05) is 6.54 Å². The number of carbonyl (C=O) groups is 2. The number of carboxylic acids is 1. The zero-order chi connectivity index (χ0) is 15.2. The first-order valence-corrected chi connectivity index (χ1v) is 6.21. The van der Waals surface area contributed by atoms with Gasteiger partial charge in [-0.2, -0.15) is 0 Å². The van der Waals surface area contributed by atoms with E-state index in [0.717, 1.165) is 11.6 Å². The van der Waals surface area contributed by atoms with Crippen molar-refractivity contribution in [3.8, 4) is 5.75 Å². The Kier molecular flexibility index (Phi) is 4.40. The Labute approximate surface area is 121 Å². The molecule has 21 heavy (non-hydrogen) atoms. The van der Waals surface area contributed by atoms with Crippen LogP contribution in [0.5, 0.6) is 5.75 Å². The van der Waals surface area contributed by atoms with E-state index in [-0.39, 0.29) is 17.0 Å². The number of hydrogen-bond donors (Lipinski definition) is 4. The van der Waals surface area contributed by atoms with E-state index in [4.69, 9.17) is 5.11 Å². The van der Waals surface area contributed by atoms with Gasteiger partial charge < -0.3 is 20.8 Å². The summed E-state index contributed by atoms with van der Waals surface area (Å²) in [4.78, 5) is 22.4. The minimum Gasteiger partial charge on any atom is -0.506 e. The maximum absolute atomic E-state index is 11.7. The zero-order valence-corrected chi connectivity index (χ0v) is 11.0. The van der Waals surface area contributed by atoms with Crippen molar-refractivity contribution < 1.29 is 19.8 Å². The molecule has 0 aliphatic rings. The van der Waals surface area contributed by atoms with Crippen LogP contribution in [0, 0.1) is 0 Å². The summed E-state index contributed by atoms with van der Waals surface area (Å²) in [5.74, 6) is -1.45. The number of amides is 2.